The topological polar surface area (TPSA) is 102 Å². The Kier molecular flexibility index (Phi) is 5.13. The molecular weight excluding hydrogens is 478 g/mol. The minimum Gasteiger partial charge on any atom is -0.488 e. The maximum Gasteiger partial charge on any atom is 0.270 e. The number of imide groups is 1. The third kappa shape index (κ3) is 3.52. The summed E-state index contributed by atoms with van der Waals surface area (Å²) in [5, 5.41) is 16.3. The Hall–Kier alpha value is -3.33. The predicted molar refractivity (Wildman–Crippen MR) is 119 cm³/mol. The number of nitro groups is 1. The van der Waals surface area contributed by atoms with Gasteiger partial charge in [-0.2, -0.15) is 10.1 Å². The highest BCUT2D eigenvalue weighted by Crippen LogP contribution is 2.52. The number of non-ortho nitro benzene ring substituents is 1. The number of allylic oxidation sites excluding steroid dienone is 2. The van der Waals surface area contributed by atoms with Crippen LogP contribution in [-0.4, -0.2) is 28.0 Å². The molecule has 2 amide bonds. The summed E-state index contributed by atoms with van der Waals surface area (Å²) in [7, 11) is 0. The quantitative estimate of drug-likeness (QED) is 0.197. The van der Waals surface area contributed by atoms with Crippen LogP contribution in [0.3, 0.4) is 0 Å². The molecule has 4 atom stereocenters. The van der Waals surface area contributed by atoms with E-state index in [1.165, 1.54) is 24.4 Å². The fourth-order valence-corrected chi connectivity index (χ4v) is 5.01. The second-order valence-electron chi connectivity index (χ2n) is 8.13. The Labute approximate surface area is 191 Å². The van der Waals surface area contributed by atoms with Crippen molar-refractivity contribution in [3.63, 3.8) is 0 Å². The van der Waals surface area contributed by atoms with Gasteiger partial charge in [0.2, 0.25) is 0 Å². The zero-order valence-electron chi connectivity index (χ0n) is 16.8. The van der Waals surface area contributed by atoms with Crippen molar-refractivity contribution in [3.8, 4) is 5.75 Å². The van der Waals surface area contributed by atoms with Crippen LogP contribution in [0.15, 0.2) is 64.2 Å². The Morgan fingerprint density at radius 2 is 1.75 bits per heavy atom. The number of nitrogens with zero attached hydrogens (tertiary/aromatic N) is 3. The van der Waals surface area contributed by atoms with E-state index in [2.05, 4.69) is 21.0 Å². The Morgan fingerprint density at radius 1 is 1.09 bits per heavy atom. The molecule has 0 radical (unpaired) electrons. The molecule has 162 valence electrons. The molecule has 32 heavy (non-hydrogen) atoms. The molecule has 0 spiro atoms. The minimum absolute atomic E-state index is 0.0873. The first kappa shape index (κ1) is 20.6. The number of hydrogen-bond donors (Lipinski definition) is 0. The lowest BCUT2D eigenvalue weighted by Gasteiger charge is -2.13. The van der Waals surface area contributed by atoms with Crippen molar-refractivity contribution in [2.45, 2.75) is 13.0 Å². The third-order valence-electron chi connectivity index (χ3n) is 6.27. The molecule has 2 aromatic rings. The molecule has 9 heteroatoms. The summed E-state index contributed by atoms with van der Waals surface area (Å²) in [5.41, 5.74) is 1.09. The third-order valence-corrected chi connectivity index (χ3v) is 6.80. The van der Waals surface area contributed by atoms with Crippen molar-refractivity contribution in [3.05, 3.63) is 80.3 Å². The van der Waals surface area contributed by atoms with E-state index in [0.29, 0.717) is 11.3 Å². The molecule has 2 fully saturated rings. The average molecular weight is 496 g/mol. The van der Waals surface area contributed by atoms with Gasteiger partial charge in [0.1, 0.15) is 12.4 Å². The van der Waals surface area contributed by atoms with Crippen LogP contribution in [-0.2, 0) is 16.2 Å². The first-order valence-electron chi connectivity index (χ1n) is 10.2. The maximum absolute atomic E-state index is 12.8. The summed E-state index contributed by atoms with van der Waals surface area (Å²) in [6.07, 6.45) is 6.15. The van der Waals surface area contributed by atoms with Gasteiger partial charge in [0, 0.05) is 22.2 Å². The molecule has 3 aliphatic rings. The highest BCUT2D eigenvalue weighted by atomic mass is 79.9. The van der Waals surface area contributed by atoms with Crippen LogP contribution in [0.1, 0.15) is 17.5 Å². The summed E-state index contributed by atoms with van der Waals surface area (Å²) in [4.78, 5) is 36.4. The summed E-state index contributed by atoms with van der Waals surface area (Å²) in [6, 6.07) is 11.7. The number of ether oxygens (including phenoxy) is 1. The van der Waals surface area contributed by atoms with E-state index in [-0.39, 0.29) is 47.8 Å². The molecule has 0 unspecified atom stereocenters. The number of halogens is 1. The zero-order chi connectivity index (χ0) is 22.4. The van der Waals surface area contributed by atoms with E-state index in [0.717, 1.165) is 21.5 Å². The molecule has 0 aromatic heterocycles. The number of carbonyl (C=O) groups excluding carboxylic acids is 2. The fourth-order valence-electron chi connectivity index (χ4n) is 4.74. The molecular formula is C23H18BrN3O5. The van der Waals surface area contributed by atoms with Crippen LogP contribution in [0, 0.1) is 33.8 Å². The number of nitro benzene ring substituents is 1. The molecule has 1 saturated heterocycles. The molecule has 2 bridgehead atoms. The van der Waals surface area contributed by atoms with Crippen molar-refractivity contribution >= 4 is 39.6 Å². The van der Waals surface area contributed by atoms with E-state index >= 15 is 0 Å². The molecule has 1 aliphatic heterocycles. The first-order valence-corrected chi connectivity index (χ1v) is 11.0. The van der Waals surface area contributed by atoms with Crippen LogP contribution < -0.4 is 4.74 Å². The molecule has 1 saturated carbocycles. The van der Waals surface area contributed by atoms with Gasteiger partial charge in [-0.1, -0.05) is 40.2 Å². The van der Waals surface area contributed by atoms with Gasteiger partial charge in [-0.05, 0) is 42.0 Å². The summed E-state index contributed by atoms with van der Waals surface area (Å²) in [5.74, 6) is -0.788. The smallest absolute Gasteiger partial charge is 0.270 e. The molecule has 5 rings (SSSR count). The Bertz CT molecular complexity index is 1150. The Balaban J connectivity index is 1.39. The van der Waals surface area contributed by atoms with E-state index in [1.54, 1.807) is 0 Å². The van der Waals surface area contributed by atoms with E-state index in [1.807, 2.05) is 36.4 Å². The monoisotopic (exact) mass is 495 g/mol. The number of amides is 2. The van der Waals surface area contributed by atoms with Gasteiger partial charge in [-0.15, -0.1) is 0 Å². The van der Waals surface area contributed by atoms with Crippen molar-refractivity contribution in [2.75, 3.05) is 0 Å². The van der Waals surface area contributed by atoms with Crippen molar-refractivity contribution < 1.29 is 19.2 Å². The van der Waals surface area contributed by atoms with Gasteiger partial charge in [0.25, 0.3) is 17.5 Å². The van der Waals surface area contributed by atoms with E-state index in [4.69, 9.17) is 4.74 Å². The number of fused-ring (bicyclic) bond motifs is 5. The van der Waals surface area contributed by atoms with Crippen LogP contribution in [0.5, 0.6) is 5.75 Å². The number of carbonyl (C=O) groups is 2. The average Bonchev–Trinajstić information content (AvgIpc) is 3.46. The molecule has 8 nitrogen and oxygen atoms in total. The second kappa shape index (κ2) is 7.98. The standard InChI is InChI=1S/C23H18BrN3O5/c24-17-5-1-13(2-6-17)12-32-19-8-7-18(27(30)31)10-16(19)11-25-26-22(28)20-14-3-4-15(9-14)21(20)23(26)29/h1-8,10-11,14-15,20-21H,9,12H2/t14-,15-,20-,21+/m0/s1. The fraction of sp³-hybridized carbons (Fsp3) is 0.261. The van der Waals surface area contributed by atoms with Gasteiger partial charge >= 0.3 is 0 Å². The van der Waals surface area contributed by atoms with Crippen LogP contribution in [0.25, 0.3) is 0 Å². The first-order chi connectivity index (χ1) is 15.4. The summed E-state index contributed by atoms with van der Waals surface area (Å²) in [6.45, 7) is 0.243. The predicted octanol–water partition coefficient (Wildman–Crippen LogP) is 4.08. The number of hydrogen-bond acceptors (Lipinski definition) is 6. The molecule has 0 N–H and O–H groups in total. The zero-order valence-corrected chi connectivity index (χ0v) is 18.3. The maximum atomic E-state index is 12.8. The van der Waals surface area contributed by atoms with Crippen molar-refractivity contribution in [1.82, 2.24) is 5.01 Å². The Morgan fingerprint density at radius 3 is 2.38 bits per heavy atom. The second-order valence-corrected chi connectivity index (χ2v) is 9.04. The van der Waals surface area contributed by atoms with Gasteiger partial charge in [-0.25, -0.2) is 0 Å². The largest absolute Gasteiger partial charge is 0.488 e. The highest BCUT2D eigenvalue weighted by Gasteiger charge is 2.59. The van der Waals surface area contributed by atoms with Gasteiger partial charge in [0.05, 0.1) is 23.0 Å². The lowest BCUT2D eigenvalue weighted by molar-refractivity contribution is -0.384. The lowest BCUT2D eigenvalue weighted by Crippen LogP contribution is -2.28. The molecule has 1 heterocycles. The SMILES string of the molecule is O=C1[C@@H]2[C@H](C(=O)N1N=Cc1cc([N+](=O)[O-])ccc1OCc1ccc(Br)cc1)[C@H]1C=C[C@H]2C1. The van der Waals surface area contributed by atoms with Gasteiger partial charge in [0.15, 0.2) is 0 Å². The van der Waals surface area contributed by atoms with E-state index in [9.17, 15) is 19.7 Å². The molecule has 2 aromatic carbocycles. The highest BCUT2D eigenvalue weighted by molar-refractivity contribution is 9.10. The van der Waals surface area contributed by atoms with Crippen molar-refractivity contribution in [1.29, 1.82) is 0 Å². The van der Waals surface area contributed by atoms with Crippen molar-refractivity contribution in [2.24, 2.45) is 28.8 Å². The van der Waals surface area contributed by atoms with Crippen LogP contribution in [0.4, 0.5) is 5.69 Å². The normalized spacial score (nSPS) is 25.7. The lowest BCUT2D eigenvalue weighted by atomic mass is 9.85. The number of rotatable bonds is 6. The summed E-state index contributed by atoms with van der Waals surface area (Å²) >= 11 is 3.38. The number of benzene rings is 2. The minimum atomic E-state index is -0.518. The number of hydrazone groups is 1. The van der Waals surface area contributed by atoms with Gasteiger partial charge in [-0.3, -0.25) is 19.7 Å². The van der Waals surface area contributed by atoms with Crippen LogP contribution in [0.2, 0.25) is 0 Å². The van der Waals surface area contributed by atoms with Gasteiger partial charge < -0.3 is 4.74 Å². The van der Waals surface area contributed by atoms with E-state index < -0.39 is 4.92 Å². The summed E-state index contributed by atoms with van der Waals surface area (Å²) < 4.78 is 6.80. The van der Waals surface area contributed by atoms with Crippen LogP contribution >= 0.6 is 15.9 Å². The molecule has 2 aliphatic carbocycles.